The summed E-state index contributed by atoms with van der Waals surface area (Å²) >= 11 is 0. The number of aromatic nitrogens is 4. The predicted octanol–water partition coefficient (Wildman–Crippen LogP) is 1.74. The summed E-state index contributed by atoms with van der Waals surface area (Å²) in [4.78, 5) is 8.61. The summed E-state index contributed by atoms with van der Waals surface area (Å²) in [5.41, 5.74) is 9.48. The quantitative estimate of drug-likeness (QED) is 0.909. The molecule has 3 rings (SSSR count). The van der Waals surface area contributed by atoms with Crippen LogP contribution in [0, 0.1) is 6.92 Å². The van der Waals surface area contributed by atoms with Gasteiger partial charge in [-0.1, -0.05) is 0 Å². The van der Waals surface area contributed by atoms with Gasteiger partial charge in [0.1, 0.15) is 0 Å². The van der Waals surface area contributed by atoms with E-state index in [-0.39, 0.29) is 0 Å². The molecule has 5 heteroatoms. The number of hydrogen-bond acceptors (Lipinski definition) is 4. The van der Waals surface area contributed by atoms with E-state index in [1.54, 1.807) is 12.4 Å². The van der Waals surface area contributed by atoms with Gasteiger partial charge in [-0.05, 0) is 56.7 Å². The highest BCUT2D eigenvalue weighted by atomic mass is 15.4. The van der Waals surface area contributed by atoms with Crippen molar-refractivity contribution in [3.05, 3.63) is 35.4 Å². The SMILES string of the molecule is Cc1nn(-c2ncccn2)c2c1C(CCN)CCC2. The first-order valence-corrected chi connectivity index (χ1v) is 6.87. The molecule has 2 aromatic rings. The molecule has 0 amide bonds. The first-order valence-electron chi connectivity index (χ1n) is 6.87. The summed E-state index contributed by atoms with van der Waals surface area (Å²) in [6.45, 7) is 2.81. The Kier molecular flexibility index (Phi) is 3.29. The van der Waals surface area contributed by atoms with Gasteiger partial charge in [-0.3, -0.25) is 0 Å². The Morgan fingerprint density at radius 3 is 2.89 bits per heavy atom. The second-order valence-corrected chi connectivity index (χ2v) is 5.07. The van der Waals surface area contributed by atoms with Crippen LogP contribution in [0.2, 0.25) is 0 Å². The molecular formula is C14H19N5. The van der Waals surface area contributed by atoms with E-state index < -0.39 is 0 Å². The molecule has 0 saturated carbocycles. The van der Waals surface area contributed by atoms with Gasteiger partial charge in [0.15, 0.2) is 0 Å². The van der Waals surface area contributed by atoms with Gasteiger partial charge in [0.25, 0.3) is 5.95 Å². The highest BCUT2D eigenvalue weighted by Crippen LogP contribution is 2.36. The van der Waals surface area contributed by atoms with E-state index >= 15 is 0 Å². The van der Waals surface area contributed by atoms with Gasteiger partial charge >= 0.3 is 0 Å². The Bertz CT molecular complexity index is 561. The van der Waals surface area contributed by atoms with Crippen LogP contribution in [0.3, 0.4) is 0 Å². The van der Waals surface area contributed by atoms with E-state index in [0.717, 1.165) is 25.1 Å². The Hall–Kier alpha value is -1.75. The van der Waals surface area contributed by atoms with Crippen molar-refractivity contribution in [1.82, 2.24) is 19.7 Å². The number of fused-ring (bicyclic) bond motifs is 1. The normalized spacial score (nSPS) is 18.3. The fourth-order valence-corrected chi connectivity index (χ4v) is 3.07. The first kappa shape index (κ1) is 12.3. The van der Waals surface area contributed by atoms with Crippen LogP contribution in [0.4, 0.5) is 0 Å². The van der Waals surface area contributed by atoms with Crippen LogP contribution in [-0.2, 0) is 6.42 Å². The van der Waals surface area contributed by atoms with Gasteiger partial charge in [-0.25, -0.2) is 14.6 Å². The van der Waals surface area contributed by atoms with Crippen LogP contribution in [0.5, 0.6) is 0 Å². The largest absolute Gasteiger partial charge is 0.330 e. The standard InChI is InChI=1S/C14H19N5/c1-10-13-11(6-7-15)4-2-5-12(13)19(18-10)14-16-8-3-9-17-14/h3,8-9,11H,2,4-7,15H2,1H3. The van der Waals surface area contributed by atoms with Crippen molar-refractivity contribution < 1.29 is 0 Å². The highest BCUT2D eigenvalue weighted by Gasteiger charge is 2.27. The third-order valence-electron chi connectivity index (χ3n) is 3.84. The zero-order valence-electron chi connectivity index (χ0n) is 11.2. The maximum atomic E-state index is 5.73. The van der Waals surface area contributed by atoms with Gasteiger partial charge in [-0.2, -0.15) is 5.10 Å². The Morgan fingerprint density at radius 2 is 2.16 bits per heavy atom. The summed E-state index contributed by atoms with van der Waals surface area (Å²) in [6, 6.07) is 1.82. The van der Waals surface area contributed by atoms with E-state index in [0.29, 0.717) is 11.9 Å². The maximum absolute atomic E-state index is 5.73. The summed E-state index contributed by atoms with van der Waals surface area (Å²) < 4.78 is 1.91. The molecule has 1 atom stereocenters. The molecule has 19 heavy (non-hydrogen) atoms. The second-order valence-electron chi connectivity index (χ2n) is 5.07. The highest BCUT2D eigenvalue weighted by molar-refractivity contribution is 5.35. The molecule has 0 bridgehead atoms. The molecule has 0 aliphatic heterocycles. The van der Waals surface area contributed by atoms with Crippen molar-refractivity contribution in [1.29, 1.82) is 0 Å². The average Bonchev–Trinajstić information content (AvgIpc) is 2.79. The van der Waals surface area contributed by atoms with Gasteiger partial charge < -0.3 is 5.73 Å². The molecule has 1 aliphatic carbocycles. The predicted molar refractivity (Wildman–Crippen MR) is 73.2 cm³/mol. The lowest BCUT2D eigenvalue weighted by Crippen LogP contribution is -2.16. The first-order chi connectivity index (χ1) is 9.31. The van der Waals surface area contributed by atoms with Gasteiger partial charge in [0.05, 0.1) is 11.4 Å². The van der Waals surface area contributed by atoms with E-state index in [1.807, 2.05) is 10.7 Å². The van der Waals surface area contributed by atoms with E-state index in [1.165, 1.54) is 24.1 Å². The minimum absolute atomic E-state index is 0.547. The summed E-state index contributed by atoms with van der Waals surface area (Å²) in [7, 11) is 0. The van der Waals surface area contributed by atoms with E-state index in [9.17, 15) is 0 Å². The van der Waals surface area contributed by atoms with Crippen molar-refractivity contribution in [2.24, 2.45) is 5.73 Å². The van der Waals surface area contributed by atoms with Crippen molar-refractivity contribution >= 4 is 0 Å². The van der Waals surface area contributed by atoms with Crippen LogP contribution in [0.15, 0.2) is 18.5 Å². The number of hydrogen-bond donors (Lipinski definition) is 1. The zero-order valence-corrected chi connectivity index (χ0v) is 11.2. The molecule has 5 nitrogen and oxygen atoms in total. The van der Waals surface area contributed by atoms with Gasteiger partial charge in [-0.15, -0.1) is 0 Å². The Morgan fingerprint density at radius 1 is 1.37 bits per heavy atom. The summed E-state index contributed by atoms with van der Waals surface area (Å²) in [6.07, 6.45) is 8.00. The molecule has 100 valence electrons. The topological polar surface area (TPSA) is 69.6 Å². The third-order valence-corrected chi connectivity index (χ3v) is 3.84. The minimum atomic E-state index is 0.547. The number of rotatable bonds is 3. The lowest BCUT2D eigenvalue weighted by Gasteiger charge is -2.23. The van der Waals surface area contributed by atoms with Crippen LogP contribution in [-0.4, -0.2) is 26.3 Å². The Labute approximate surface area is 112 Å². The van der Waals surface area contributed by atoms with Crippen LogP contribution in [0.1, 0.15) is 42.1 Å². The van der Waals surface area contributed by atoms with Crippen molar-refractivity contribution in [3.8, 4) is 5.95 Å². The maximum Gasteiger partial charge on any atom is 0.250 e. The molecule has 2 N–H and O–H groups in total. The van der Waals surface area contributed by atoms with Crippen LogP contribution in [0.25, 0.3) is 5.95 Å². The smallest absolute Gasteiger partial charge is 0.250 e. The lowest BCUT2D eigenvalue weighted by atomic mass is 9.83. The van der Waals surface area contributed by atoms with Crippen molar-refractivity contribution in [3.63, 3.8) is 0 Å². The molecular weight excluding hydrogens is 238 g/mol. The molecule has 0 aromatic carbocycles. The van der Waals surface area contributed by atoms with Gasteiger partial charge in [0.2, 0.25) is 0 Å². The van der Waals surface area contributed by atoms with Crippen molar-refractivity contribution in [2.45, 2.75) is 38.5 Å². The van der Waals surface area contributed by atoms with E-state index in [4.69, 9.17) is 5.73 Å². The molecule has 2 heterocycles. The van der Waals surface area contributed by atoms with Crippen LogP contribution >= 0.6 is 0 Å². The second kappa shape index (κ2) is 5.09. The molecule has 1 unspecified atom stereocenters. The molecule has 0 spiro atoms. The summed E-state index contributed by atoms with van der Waals surface area (Å²) in [5.74, 6) is 1.21. The molecule has 1 aliphatic rings. The lowest BCUT2D eigenvalue weighted by molar-refractivity contribution is 0.515. The minimum Gasteiger partial charge on any atom is -0.330 e. The molecule has 0 saturated heterocycles. The van der Waals surface area contributed by atoms with Crippen LogP contribution < -0.4 is 5.73 Å². The molecule has 2 aromatic heterocycles. The molecule has 0 radical (unpaired) electrons. The van der Waals surface area contributed by atoms with Crippen molar-refractivity contribution in [2.75, 3.05) is 6.54 Å². The fourth-order valence-electron chi connectivity index (χ4n) is 3.07. The summed E-state index contributed by atoms with van der Waals surface area (Å²) in [5, 5.41) is 4.65. The molecule has 0 fully saturated rings. The number of nitrogens with zero attached hydrogens (tertiary/aromatic N) is 4. The Balaban J connectivity index is 2.07. The monoisotopic (exact) mass is 257 g/mol. The van der Waals surface area contributed by atoms with E-state index in [2.05, 4.69) is 22.0 Å². The third kappa shape index (κ3) is 2.14. The fraction of sp³-hybridized carbons (Fsp3) is 0.500. The zero-order chi connectivity index (χ0) is 13.2. The average molecular weight is 257 g/mol. The van der Waals surface area contributed by atoms with Gasteiger partial charge in [0, 0.05) is 12.4 Å². The number of nitrogens with two attached hydrogens (primary N) is 1. The number of aryl methyl sites for hydroxylation is 1.